The summed E-state index contributed by atoms with van der Waals surface area (Å²) in [5.74, 6) is 1.53. The summed E-state index contributed by atoms with van der Waals surface area (Å²) in [7, 11) is 0. The molecule has 1 N–H and O–H groups in total. The minimum absolute atomic E-state index is 0.438. The lowest BCUT2D eigenvalue weighted by atomic mass is 10.5. The number of anilines is 1. The SMILES string of the molecule is CC1CC1Nc1cncc(Cl)n1. The van der Waals surface area contributed by atoms with E-state index in [0.29, 0.717) is 11.2 Å². The highest BCUT2D eigenvalue weighted by molar-refractivity contribution is 6.29. The van der Waals surface area contributed by atoms with Crippen LogP contribution in [0.2, 0.25) is 5.15 Å². The van der Waals surface area contributed by atoms with Crippen molar-refractivity contribution < 1.29 is 0 Å². The number of rotatable bonds is 2. The van der Waals surface area contributed by atoms with Crippen LogP contribution in [0, 0.1) is 5.92 Å². The highest BCUT2D eigenvalue weighted by Gasteiger charge is 2.32. The lowest BCUT2D eigenvalue weighted by molar-refractivity contribution is 0.921. The van der Waals surface area contributed by atoms with Gasteiger partial charge in [0.2, 0.25) is 0 Å². The smallest absolute Gasteiger partial charge is 0.149 e. The third-order valence-electron chi connectivity index (χ3n) is 2.05. The molecule has 1 aromatic rings. The van der Waals surface area contributed by atoms with Crippen LogP contribution < -0.4 is 5.32 Å². The van der Waals surface area contributed by atoms with Crippen LogP contribution in [0.15, 0.2) is 12.4 Å². The van der Waals surface area contributed by atoms with Gasteiger partial charge in [0.05, 0.1) is 12.4 Å². The molecule has 1 saturated carbocycles. The molecule has 1 aliphatic rings. The van der Waals surface area contributed by atoms with E-state index in [2.05, 4.69) is 22.2 Å². The first-order chi connectivity index (χ1) is 5.75. The van der Waals surface area contributed by atoms with Gasteiger partial charge < -0.3 is 5.32 Å². The third-order valence-corrected chi connectivity index (χ3v) is 2.23. The van der Waals surface area contributed by atoms with Crippen molar-refractivity contribution in [3.63, 3.8) is 0 Å². The third kappa shape index (κ3) is 1.67. The molecule has 12 heavy (non-hydrogen) atoms. The molecule has 2 atom stereocenters. The largest absolute Gasteiger partial charge is 0.366 e. The summed E-state index contributed by atoms with van der Waals surface area (Å²) in [5, 5.41) is 3.69. The molecule has 0 spiro atoms. The predicted octanol–water partition coefficient (Wildman–Crippen LogP) is 1.95. The van der Waals surface area contributed by atoms with Gasteiger partial charge in [0.15, 0.2) is 0 Å². The van der Waals surface area contributed by atoms with E-state index in [1.807, 2.05) is 0 Å². The molecule has 0 radical (unpaired) electrons. The van der Waals surface area contributed by atoms with Gasteiger partial charge in [0, 0.05) is 6.04 Å². The van der Waals surface area contributed by atoms with Gasteiger partial charge in [-0.25, -0.2) is 4.98 Å². The molecule has 3 nitrogen and oxygen atoms in total. The minimum atomic E-state index is 0.438. The molecule has 1 fully saturated rings. The van der Waals surface area contributed by atoms with Crippen LogP contribution in [-0.4, -0.2) is 16.0 Å². The van der Waals surface area contributed by atoms with Gasteiger partial charge in [-0.15, -0.1) is 0 Å². The second kappa shape index (κ2) is 2.90. The van der Waals surface area contributed by atoms with Gasteiger partial charge in [-0.2, -0.15) is 0 Å². The highest BCUT2D eigenvalue weighted by Crippen LogP contribution is 2.31. The zero-order chi connectivity index (χ0) is 8.55. The first-order valence-electron chi connectivity index (χ1n) is 4.00. The Morgan fingerprint density at radius 3 is 2.92 bits per heavy atom. The van der Waals surface area contributed by atoms with Crippen molar-refractivity contribution in [2.24, 2.45) is 5.92 Å². The summed E-state index contributed by atoms with van der Waals surface area (Å²) >= 11 is 5.67. The number of aromatic nitrogens is 2. The van der Waals surface area contributed by atoms with Gasteiger partial charge in [0.1, 0.15) is 11.0 Å². The zero-order valence-corrected chi connectivity index (χ0v) is 7.54. The van der Waals surface area contributed by atoms with Crippen LogP contribution in [0.4, 0.5) is 5.82 Å². The fraction of sp³-hybridized carbons (Fsp3) is 0.500. The summed E-state index contributed by atoms with van der Waals surface area (Å²) in [6.45, 7) is 2.20. The van der Waals surface area contributed by atoms with Crippen molar-refractivity contribution >= 4 is 17.4 Å². The second-order valence-electron chi connectivity index (χ2n) is 3.19. The summed E-state index contributed by atoms with van der Waals surface area (Å²) in [6, 6.07) is 0.567. The maximum atomic E-state index is 5.67. The molecule has 0 saturated heterocycles. The molecular weight excluding hydrogens is 174 g/mol. The summed E-state index contributed by atoms with van der Waals surface area (Å²) in [5.41, 5.74) is 0. The molecule has 1 aromatic heterocycles. The second-order valence-corrected chi connectivity index (χ2v) is 3.58. The maximum Gasteiger partial charge on any atom is 0.149 e. The molecule has 1 heterocycles. The summed E-state index contributed by atoms with van der Waals surface area (Å²) < 4.78 is 0. The average Bonchev–Trinajstić information content (AvgIpc) is 2.66. The van der Waals surface area contributed by atoms with E-state index in [4.69, 9.17) is 11.6 Å². The van der Waals surface area contributed by atoms with Gasteiger partial charge in [-0.1, -0.05) is 18.5 Å². The molecule has 2 unspecified atom stereocenters. The van der Waals surface area contributed by atoms with E-state index in [9.17, 15) is 0 Å². The molecule has 0 amide bonds. The van der Waals surface area contributed by atoms with E-state index >= 15 is 0 Å². The van der Waals surface area contributed by atoms with E-state index in [1.54, 1.807) is 6.20 Å². The molecule has 2 rings (SSSR count). The quantitative estimate of drug-likeness (QED) is 0.762. The highest BCUT2D eigenvalue weighted by atomic mass is 35.5. The topological polar surface area (TPSA) is 37.8 Å². The standard InChI is InChI=1S/C8H10ClN3/c1-5-2-6(5)11-8-4-10-3-7(9)12-8/h3-6H,2H2,1H3,(H,11,12). The van der Waals surface area contributed by atoms with E-state index in [0.717, 1.165) is 11.7 Å². The number of nitrogens with zero attached hydrogens (tertiary/aromatic N) is 2. The Hall–Kier alpha value is -0.830. The Kier molecular flexibility index (Phi) is 1.89. The Morgan fingerprint density at radius 2 is 2.33 bits per heavy atom. The van der Waals surface area contributed by atoms with Crippen molar-refractivity contribution in [1.29, 1.82) is 0 Å². The van der Waals surface area contributed by atoms with Gasteiger partial charge in [0.25, 0.3) is 0 Å². The lowest BCUT2D eigenvalue weighted by Gasteiger charge is -2.02. The monoisotopic (exact) mass is 183 g/mol. The number of hydrogen-bond acceptors (Lipinski definition) is 3. The predicted molar refractivity (Wildman–Crippen MR) is 48.2 cm³/mol. The molecule has 0 bridgehead atoms. The van der Waals surface area contributed by atoms with Crippen molar-refractivity contribution in [1.82, 2.24) is 9.97 Å². The van der Waals surface area contributed by atoms with Crippen LogP contribution in [0.3, 0.4) is 0 Å². The summed E-state index contributed by atoms with van der Waals surface area (Å²) in [4.78, 5) is 8.01. The van der Waals surface area contributed by atoms with Crippen molar-refractivity contribution in [2.45, 2.75) is 19.4 Å². The Morgan fingerprint density at radius 1 is 1.58 bits per heavy atom. The van der Waals surface area contributed by atoms with Gasteiger partial charge in [-0.05, 0) is 12.3 Å². The zero-order valence-electron chi connectivity index (χ0n) is 6.79. The number of nitrogens with one attached hydrogen (secondary N) is 1. The van der Waals surface area contributed by atoms with Crippen molar-refractivity contribution in [2.75, 3.05) is 5.32 Å². The Bertz CT molecular complexity index is 289. The average molecular weight is 184 g/mol. The first kappa shape index (κ1) is 7.80. The van der Waals surface area contributed by atoms with Crippen LogP contribution in [-0.2, 0) is 0 Å². The fourth-order valence-corrected chi connectivity index (χ4v) is 1.27. The van der Waals surface area contributed by atoms with Crippen LogP contribution in [0.25, 0.3) is 0 Å². The number of halogens is 1. The molecule has 1 aliphatic carbocycles. The molecule has 64 valence electrons. The van der Waals surface area contributed by atoms with E-state index < -0.39 is 0 Å². The number of hydrogen-bond donors (Lipinski definition) is 1. The van der Waals surface area contributed by atoms with Crippen molar-refractivity contribution in [3.8, 4) is 0 Å². The van der Waals surface area contributed by atoms with Gasteiger partial charge in [-0.3, -0.25) is 4.98 Å². The van der Waals surface area contributed by atoms with E-state index in [1.165, 1.54) is 12.6 Å². The summed E-state index contributed by atoms with van der Waals surface area (Å²) in [6.07, 6.45) is 4.44. The van der Waals surface area contributed by atoms with Gasteiger partial charge >= 0.3 is 0 Å². The molecule has 4 heteroatoms. The molecule has 0 aliphatic heterocycles. The molecule has 0 aromatic carbocycles. The fourth-order valence-electron chi connectivity index (χ4n) is 1.12. The normalized spacial score (nSPS) is 26.8. The molecular formula is C8H10ClN3. The van der Waals surface area contributed by atoms with Crippen LogP contribution in [0.5, 0.6) is 0 Å². The van der Waals surface area contributed by atoms with Crippen LogP contribution >= 0.6 is 11.6 Å². The Balaban J connectivity index is 2.03. The minimum Gasteiger partial charge on any atom is -0.366 e. The lowest BCUT2D eigenvalue weighted by Crippen LogP contribution is -2.05. The van der Waals surface area contributed by atoms with Crippen LogP contribution in [0.1, 0.15) is 13.3 Å². The Labute approximate surface area is 76.2 Å². The maximum absolute atomic E-state index is 5.67. The first-order valence-corrected chi connectivity index (χ1v) is 4.37. The van der Waals surface area contributed by atoms with Crippen molar-refractivity contribution in [3.05, 3.63) is 17.5 Å². The van der Waals surface area contributed by atoms with E-state index in [-0.39, 0.29) is 0 Å².